The van der Waals surface area contributed by atoms with Crippen LogP contribution in [-0.2, 0) is 4.79 Å². The quantitative estimate of drug-likeness (QED) is 0.809. The molecule has 21 heavy (non-hydrogen) atoms. The maximum atomic E-state index is 12.1. The van der Waals surface area contributed by atoms with E-state index < -0.39 is 0 Å². The molecule has 1 aliphatic heterocycles. The van der Waals surface area contributed by atoms with Gasteiger partial charge in [-0.2, -0.15) is 0 Å². The minimum absolute atomic E-state index is 0.0255. The maximum absolute atomic E-state index is 12.1. The molecule has 1 aromatic carbocycles. The van der Waals surface area contributed by atoms with Crippen molar-refractivity contribution >= 4 is 17.4 Å². The van der Waals surface area contributed by atoms with Gasteiger partial charge in [0, 0.05) is 17.3 Å². The molecular formula is C16H22N2O3. The number of likely N-dealkylation sites (tertiary alicyclic amines) is 1. The standard InChI is InChI=1S/C16H22N2O3/c1-12(20)13-5-4-6-14(9-13)17-16(21)10-18-8-3-2-7-15(18)11-19/h4-6,9,15,19H,2-3,7-8,10-11H2,1H3,(H,17,21). The smallest absolute Gasteiger partial charge is 0.238 e. The molecule has 1 amide bonds. The summed E-state index contributed by atoms with van der Waals surface area (Å²) in [7, 11) is 0. The highest BCUT2D eigenvalue weighted by Gasteiger charge is 2.23. The lowest BCUT2D eigenvalue weighted by molar-refractivity contribution is -0.118. The zero-order valence-corrected chi connectivity index (χ0v) is 12.3. The number of carbonyl (C=O) groups is 2. The van der Waals surface area contributed by atoms with E-state index in [-0.39, 0.29) is 30.9 Å². The third-order valence-corrected chi connectivity index (χ3v) is 3.86. The topological polar surface area (TPSA) is 69.6 Å². The van der Waals surface area contributed by atoms with E-state index in [0.29, 0.717) is 11.3 Å². The molecule has 2 rings (SSSR count). The van der Waals surface area contributed by atoms with Gasteiger partial charge in [0.25, 0.3) is 0 Å². The number of amides is 1. The fraction of sp³-hybridized carbons (Fsp3) is 0.500. The van der Waals surface area contributed by atoms with Gasteiger partial charge in [0.05, 0.1) is 13.2 Å². The van der Waals surface area contributed by atoms with Gasteiger partial charge in [-0.3, -0.25) is 14.5 Å². The Kier molecular flexibility index (Phi) is 5.47. The fourth-order valence-electron chi connectivity index (χ4n) is 2.68. The minimum Gasteiger partial charge on any atom is -0.395 e. The van der Waals surface area contributed by atoms with E-state index in [9.17, 15) is 14.7 Å². The Morgan fingerprint density at radius 3 is 2.90 bits per heavy atom. The van der Waals surface area contributed by atoms with Crippen LogP contribution in [-0.4, -0.2) is 47.4 Å². The number of aliphatic hydroxyl groups excluding tert-OH is 1. The Labute approximate surface area is 125 Å². The van der Waals surface area contributed by atoms with Crippen LogP contribution < -0.4 is 5.32 Å². The minimum atomic E-state index is -0.115. The number of Topliss-reactive ketones (excluding diaryl/α,β-unsaturated/α-hetero) is 1. The van der Waals surface area contributed by atoms with Crippen LogP contribution in [0.4, 0.5) is 5.69 Å². The van der Waals surface area contributed by atoms with Crippen LogP contribution in [0.1, 0.15) is 36.5 Å². The first-order chi connectivity index (χ1) is 10.1. The largest absolute Gasteiger partial charge is 0.395 e. The lowest BCUT2D eigenvalue weighted by Gasteiger charge is -2.33. The van der Waals surface area contributed by atoms with Crippen molar-refractivity contribution in [2.75, 3.05) is 25.0 Å². The van der Waals surface area contributed by atoms with Gasteiger partial charge in [-0.15, -0.1) is 0 Å². The van der Waals surface area contributed by atoms with Crippen molar-refractivity contribution < 1.29 is 14.7 Å². The summed E-state index contributed by atoms with van der Waals surface area (Å²) in [6, 6.07) is 7.01. The van der Waals surface area contributed by atoms with Crippen LogP contribution in [0.5, 0.6) is 0 Å². The number of anilines is 1. The molecule has 114 valence electrons. The number of benzene rings is 1. The number of piperidine rings is 1. The van der Waals surface area contributed by atoms with Crippen molar-refractivity contribution in [1.82, 2.24) is 4.90 Å². The second-order valence-corrected chi connectivity index (χ2v) is 5.49. The van der Waals surface area contributed by atoms with Gasteiger partial charge in [0.1, 0.15) is 0 Å². The highest BCUT2D eigenvalue weighted by atomic mass is 16.3. The van der Waals surface area contributed by atoms with Gasteiger partial charge >= 0.3 is 0 Å². The Morgan fingerprint density at radius 2 is 2.19 bits per heavy atom. The first-order valence-corrected chi connectivity index (χ1v) is 7.36. The number of aliphatic hydroxyl groups is 1. The molecule has 1 aromatic rings. The molecule has 5 heteroatoms. The van der Waals surface area contributed by atoms with Crippen molar-refractivity contribution in [1.29, 1.82) is 0 Å². The van der Waals surface area contributed by atoms with Crippen LogP contribution in [0.15, 0.2) is 24.3 Å². The van der Waals surface area contributed by atoms with E-state index in [0.717, 1.165) is 25.8 Å². The van der Waals surface area contributed by atoms with E-state index in [4.69, 9.17) is 0 Å². The third kappa shape index (κ3) is 4.37. The first kappa shape index (κ1) is 15.7. The summed E-state index contributed by atoms with van der Waals surface area (Å²) in [6.45, 7) is 2.70. The van der Waals surface area contributed by atoms with Gasteiger partial charge in [0.2, 0.25) is 5.91 Å². The summed E-state index contributed by atoms with van der Waals surface area (Å²) < 4.78 is 0. The number of hydrogen-bond donors (Lipinski definition) is 2. The summed E-state index contributed by atoms with van der Waals surface area (Å²) in [5.41, 5.74) is 1.21. The second-order valence-electron chi connectivity index (χ2n) is 5.49. The summed E-state index contributed by atoms with van der Waals surface area (Å²) in [6.07, 6.45) is 3.09. The average molecular weight is 290 g/mol. The van der Waals surface area contributed by atoms with E-state index in [2.05, 4.69) is 5.32 Å². The monoisotopic (exact) mass is 290 g/mol. The van der Waals surface area contributed by atoms with Gasteiger partial charge in [-0.05, 0) is 38.4 Å². The molecule has 0 bridgehead atoms. The molecule has 0 aromatic heterocycles. The van der Waals surface area contributed by atoms with Gasteiger partial charge in [0.15, 0.2) is 5.78 Å². The number of nitrogens with zero attached hydrogens (tertiary/aromatic N) is 1. The number of carbonyl (C=O) groups excluding carboxylic acids is 2. The Balaban J connectivity index is 1.95. The Bertz CT molecular complexity index is 516. The Hall–Kier alpha value is -1.72. The predicted octanol–water partition coefficient (Wildman–Crippen LogP) is 1.67. The number of hydrogen-bond acceptors (Lipinski definition) is 4. The lowest BCUT2D eigenvalue weighted by atomic mass is 10.0. The zero-order chi connectivity index (χ0) is 15.2. The van der Waals surface area contributed by atoms with Crippen LogP contribution in [0, 0.1) is 0 Å². The highest BCUT2D eigenvalue weighted by molar-refractivity contribution is 5.97. The van der Waals surface area contributed by atoms with Gasteiger partial charge in [-0.25, -0.2) is 0 Å². The molecule has 0 spiro atoms. The maximum Gasteiger partial charge on any atom is 0.238 e. The number of ketones is 1. The van der Waals surface area contributed by atoms with Crippen LogP contribution in [0.2, 0.25) is 0 Å². The Morgan fingerprint density at radius 1 is 1.38 bits per heavy atom. The van der Waals surface area contributed by atoms with Crippen molar-refractivity contribution in [2.24, 2.45) is 0 Å². The molecule has 1 fully saturated rings. The molecule has 1 atom stereocenters. The first-order valence-electron chi connectivity index (χ1n) is 7.36. The zero-order valence-electron chi connectivity index (χ0n) is 12.3. The number of nitrogens with one attached hydrogen (secondary N) is 1. The van der Waals surface area contributed by atoms with Gasteiger partial charge < -0.3 is 10.4 Å². The summed E-state index contributed by atoms with van der Waals surface area (Å²) in [5.74, 6) is -0.140. The van der Waals surface area contributed by atoms with Crippen LogP contribution in [0.25, 0.3) is 0 Å². The number of rotatable bonds is 5. The fourth-order valence-corrected chi connectivity index (χ4v) is 2.68. The second kappa shape index (κ2) is 7.33. The van der Waals surface area contributed by atoms with Crippen LogP contribution in [0.3, 0.4) is 0 Å². The molecule has 1 aliphatic rings. The van der Waals surface area contributed by atoms with E-state index in [1.165, 1.54) is 6.92 Å². The lowest BCUT2D eigenvalue weighted by Crippen LogP contribution is -2.45. The SMILES string of the molecule is CC(=O)c1cccc(NC(=O)CN2CCCCC2CO)c1. The molecule has 0 radical (unpaired) electrons. The molecular weight excluding hydrogens is 268 g/mol. The van der Waals surface area contributed by atoms with E-state index in [1.807, 2.05) is 4.90 Å². The highest BCUT2D eigenvalue weighted by Crippen LogP contribution is 2.17. The summed E-state index contributed by atoms with van der Waals surface area (Å²) in [5, 5.41) is 12.2. The van der Waals surface area contributed by atoms with E-state index in [1.54, 1.807) is 24.3 Å². The summed E-state index contributed by atoms with van der Waals surface area (Å²) >= 11 is 0. The van der Waals surface area contributed by atoms with Crippen molar-refractivity contribution in [3.63, 3.8) is 0 Å². The molecule has 0 aliphatic carbocycles. The third-order valence-electron chi connectivity index (χ3n) is 3.86. The molecule has 2 N–H and O–H groups in total. The normalized spacial score (nSPS) is 19.2. The average Bonchev–Trinajstić information content (AvgIpc) is 2.48. The van der Waals surface area contributed by atoms with Crippen molar-refractivity contribution in [2.45, 2.75) is 32.2 Å². The summed E-state index contributed by atoms with van der Waals surface area (Å²) in [4.78, 5) is 25.5. The van der Waals surface area contributed by atoms with Crippen LogP contribution >= 0.6 is 0 Å². The molecule has 1 heterocycles. The predicted molar refractivity (Wildman–Crippen MR) is 81.4 cm³/mol. The molecule has 5 nitrogen and oxygen atoms in total. The van der Waals surface area contributed by atoms with Crippen molar-refractivity contribution in [3.8, 4) is 0 Å². The van der Waals surface area contributed by atoms with Crippen molar-refractivity contribution in [3.05, 3.63) is 29.8 Å². The molecule has 1 unspecified atom stereocenters. The van der Waals surface area contributed by atoms with Gasteiger partial charge in [-0.1, -0.05) is 18.6 Å². The molecule has 1 saturated heterocycles. The van der Waals surface area contributed by atoms with E-state index >= 15 is 0 Å². The molecule has 0 saturated carbocycles.